The molecule has 0 N–H and O–H groups in total. The van der Waals surface area contributed by atoms with Crippen LogP contribution >= 0.6 is 22.7 Å². The van der Waals surface area contributed by atoms with Gasteiger partial charge in [-0.15, -0.1) is 22.7 Å². The zero-order chi connectivity index (χ0) is 15.2. The lowest BCUT2D eigenvalue weighted by molar-refractivity contribution is -0.117. The van der Waals surface area contributed by atoms with E-state index < -0.39 is 0 Å². The van der Waals surface area contributed by atoms with Crippen LogP contribution in [0.3, 0.4) is 0 Å². The van der Waals surface area contributed by atoms with E-state index in [9.17, 15) is 4.79 Å². The molecule has 0 aliphatic carbocycles. The second kappa shape index (κ2) is 5.48. The quantitative estimate of drug-likeness (QED) is 0.855. The van der Waals surface area contributed by atoms with Crippen LogP contribution in [0.5, 0.6) is 0 Å². The topological polar surface area (TPSA) is 23.6 Å². The Hall–Kier alpha value is -1.17. The third-order valence-corrected chi connectivity index (χ3v) is 6.67. The van der Waals surface area contributed by atoms with Gasteiger partial charge in [0.15, 0.2) is 0 Å². The minimum absolute atomic E-state index is 0.173. The molecule has 22 heavy (non-hydrogen) atoms. The first-order chi connectivity index (χ1) is 10.6. The second-order valence-corrected chi connectivity index (χ2v) is 8.88. The van der Waals surface area contributed by atoms with Gasteiger partial charge in [-0.25, -0.2) is 0 Å². The molecule has 5 heteroatoms. The van der Waals surface area contributed by atoms with Crippen LogP contribution in [0.4, 0.5) is 5.00 Å². The summed E-state index contributed by atoms with van der Waals surface area (Å²) in [5.41, 5.74) is 0.173. The monoisotopic (exact) mass is 332 g/mol. The molecular weight excluding hydrogens is 312 g/mol. The van der Waals surface area contributed by atoms with Gasteiger partial charge in [-0.3, -0.25) is 9.69 Å². The molecule has 1 atom stereocenters. The molecule has 2 saturated heterocycles. The molecule has 2 aromatic rings. The van der Waals surface area contributed by atoms with Crippen molar-refractivity contribution in [1.82, 2.24) is 4.90 Å². The summed E-state index contributed by atoms with van der Waals surface area (Å²) in [6, 6.07) is 8.52. The fourth-order valence-corrected chi connectivity index (χ4v) is 5.35. The summed E-state index contributed by atoms with van der Waals surface area (Å²) >= 11 is 3.55. The van der Waals surface area contributed by atoms with Gasteiger partial charge in [0.25, 0.3) is 0 Å². The maximum atomic E-state index is 12.5. The molecule has 4 heterocycles. The number of carbonyl (C=O) groups is 1. The number of rotatable bonds is 3. The van der Waals surface area contributed by atoms with Gasteiger partial charge in [-0.1, -0.05) is 6.07 Å². The van der Waals surface area contributed by atoms with Gasteiger partial charge in [0, 0.05) is 41.2 Å². The first kappa shape index (κ1) is 14.4. The fraction of sp³-hybridized carbons (Fsp3) is 0.471. The van der Waals surface area contributed by atoms with Gasteiger partial charge in [0.1, 0.15) is 0 Å². The average molecular weight is 332 g/mol. The van der Waals surface area contributed by atoms with E-state index in [1.165, 1.54) is 9.75 Å². The molecule has 1 amide bonds. The second-order valence-electron chi connectivity index (χ2n) is 6.58. The summed E-state index contributed by atoms with van der Waals surface area (Å²) < 4.78 is 0. The summed E-state index contributed by atoms with van der Waals surface area (Å²) in [5.74, 6) is 0.305. The molecule has 2 aliphatic heterocycles. The first-order valence-electron chi connectivity index (χ1n) is 7.75. The van der Waals surface area contributed by atoms with Gasteiger partial charge in [-0.05, 0) is 43.5 Å². The minimum Gasteiger partial charge on any atom is -0.303 e. The third-order valence-electron chi connectivity index (χ3n) is 4.79. The van der Waals surface area contributed by atoms with Crippen LogP contribution in [0.25, 0.3) is 0 Å². The minimum atomic E-state index is 0.173. The third kappa shape index (κ3) is 2.62. The van der Waals surface area contributed by atoms with E-state index in [1.807, 2.05) is 16.2 Å². The highest BCUT2D eigenvalue weighted by molar-refractivity contribution is 7.16. The molecule has 2 fully saturated rings. The molecule has 0 bridgehead atoms. The normalized spacial score (nSPS) is 25.7. The van der Waals surface area contributed by atoms with Crippen molar-refractivity contribution in [2.24, 2.45) is 5.41 Å². The predicted molar refractivity (Wildman–Crippen MR) is 92.7 cm³/mol. The number of likely N-dealkylation sites (tertiary alicyclic amines) is 1. The van der Waals surface area contributed by atoms with E-state index in [0.29, 0.717) is 12.3 Å². The molecule has 1 spiro atoms. The van der Waals surface area contributed by atoms with Gasteiger partial charge in [0.2, 0.25) is 5.91 Å². The van der Waals surface area contributed by atoms with E-state index in [0.717, 1.165) is 37.6 Å². The van der Waals surface area contributed by atoms with Crippen molar-refractivity contribution < 1.29 is 4.79 Å². The van der Waals surface area contributed by atoms with E-state index in [1.54, 1.807) is 11.3 Å². The highest BCUT2D eigenvalue weighted by atomic mass is 32.1. The highest BCUT2D eigenvalue weighted by Gasteiger charge is 2.47. The molecule has 0 radical (unpaired) electrons. The summed E-state index contributed by atoms with van der Waals surface area (Å²) in [6.07, 6.45) is 1.86. The Kier molecular flexibility index (Phi) is 3.59. The molecule has 4 rings (SSSR count). The predicted octanol–water partition coefficient (Wildman–Crippen LogP) is 3.75. The lowest BCUT2D eigenvalue weighted by Crippen LogP contribution is -2.30. The molecule has 0 saturated carbocycles. The Morgan fingerprint density at radius 2 is 2.18 bits per heavy atom. The summed E-state index contributed by atoms with van der Waals surface area (Å²) in [5, 5.41) is 3.26. The van der Waals surface area contributed by atoms with E-state index in [2.05, 4.69) is 41.5 Å². The van der Waals surface area contributed by atoms with Gasteiger partial charge < -0.3 is 4.90 Å². The summed E-state index contributed by atoms with van der Waals surface area (Å²) in [6.45, 7) is 6.20. The Bertz CT molecular complexity index is 679. The van der Waals surface area contributed by atoms with Gasteiger partial charge >= 0.3 is 0 Å². The molecule has 0 aromatic carbocycles. The molecule has 2 aliphatic rings. The van der Waals surface area contributed by atoms with Crippen LogP contribution < -0.4 is 4.90 Å². The number of aryl methyl sites for hydroxylation is 1. The van der Waals surface area contributed by atoms with Gasteiger partial charge in [-0.2, -0.15) is 0 Å². The molecule has 3 nitrogen and oxygen atoms in total. The Balaban J connectivity index is 1.46. The van der Waals surface area contributed by atoms with E-state index in [4.69, 9.17) is 0 Å². The smallest absolute Gasteiger partial charge is 0.228 e. The maximum Gasteiger partial charge on any atom is 0.228 e. The largest absolute Gasteiger partial charge is 0.303 e. The molecule has 116 valence electrons. The van der Waals surface area contributed by atoms with Crippen LogP contribution in [-0.2, 0) is 11.3 Å². The van der Waals surface area contributed by atoms with Crippen LogP contribution in [-0.4, -0.2) is 30.4 Å². The number of thiophene rings is 2. The first-order valence-corrected chi connectivity index (χ1v) is 9.45. The van der Waals surface area contributed by atoms with E-state index >= 15 is 0 Å². The van der Waals surface area contributed by atoms with Crippen LogP contribution in [0.1, 0.15) is 22.6 Å². The van der Waals surface area contributed by atoms with Crippen molar-refractivity contribution in [2.45, 2.75) is 26.3 Å². The van der Waals surface area contributed by atoms with Crippen LogP contribution in [0.15, 0.2) is 29.6 Å². The maximum absolute atomic E-state index is 12.5. The van der Waals surface area contributed by atoms with Gasteiger partial charge in [0.05, 0.1) is 5.00 Å². The molecular formula is C17H20N2OS2. The van der Waals surface area contributed by atoms with Crippen molar-refractivity contribution in [3.63, 3.8) is 0 Å². The zero-order valence-corrected chi connectivity index (χ0v) is 14.4. The Morgan fingerprint density at radius 1 is 1.27 bits per heavy atom. The number of anilines is 1. The highest BCUT2D eigenvalue weighted by Crippen LogP contribution is 2.43. The summed E-state index contributed by atoms with van der Waals surface area (Å²) in [4.78, 5) is 19.7. The number of carbonyl (C=O) groups excluding carboxylic acids is 1. The average Bonchev–Trinajstić information content (AvgIpc) is 3.22. The number of hydrogen-bond donors (Lipinski definition) is 0. The number of amides is 1. The lowest BCUT2D eigenvalue weighted by Gasteiger charge is -2.23. The van der Waals surface area contributed by atoms with E-state index in [-0.39, 0.29) is 5.41 Å². The van der Waals surface area contributed by atoms with Crippen molar-refractivity contribution in [3.05, 3.63) is 39.4 Å². The molecule has 2 aromatic heterocycles. The van der Waals surface area contributed by atoms with Crippen molar-refractivity contribution in [1.29, 1.82) is 0 Å². The van der Waals surface area contributed by atoms with Crippen molar-refractivity contribution >= 4 is 33.6 Å². The standard InChI is InChI=1S/C17H20N2OS2/c1-13-4-5-16(22-13)19-12-17(9-15(19)20)6-7-18(11-17)10-14-3-2-8-21-14/h2-5,8H,6-7,9-12H2,1H3/t17-/m1/s1. The molecule has 0 unspecified atom stereocenters. The SMILES string of the molecule is Cc1ccc(N2C[C@]3(CCN(Cc4cccs4)C3)CC2=O)s1. The van der Waals surface area contributed by atoms with Crippen LogP contribution in [0, 0.1) is 12.3 Å². The number of hydrogen-bond acceptors (Lipinski definition) is 4. The van der Waals surface area contributed by atoms with Crippen molar-refractivity contribution in [3.8, 4) is 0 Å². The Morgan fingerprint density at radius 3 is 2.91 bits per heavy atom. The fourth-order valence-electron chi connectivity index (χ4n) is 3.72. The zero-order valence-electron chi connectivity index (χ0n) is 12.7. The van der Waals surface area contributed by atoms with Crippen LogP contribution in [0.2, 0.25) is 0 Å². The lowest BCUT2D eigenvalue weighted by atomic mass is 9.86. The summed E-state index contributed by atoms with van der Waals surface area (Å²) in [7, 11) is 0. The number of nitrogens with zero attached hydrogens (tertiary/aromatic N) is 2. The van der Waals surface area contributed by atoms with Crippen molar-refractivity contribution in [2.75, 3.05) is 24.5 Å². The Labute approximate surface area is 139 Å².